The monoisotopic (exact) mass is 397 g/mol. The van der Waals surface area contributed by atoms with Crippen molar-refractivity contribution >= 4 is 21.9 Å². The van der Waals surface area contributed by atoms with Crippen LogP contribution in [0.25, 0.3) is 0 Å². The van der Waals surface area contributed by atoms with Gasteiger partial charge in [0, 0.05) is 25.2 Å². The Bertz CT molecular complexity index is 712. The van der Waals surface area contributed by atoms with Gasteiger partial charge in [0.05, 0.1) is 5.75 Å². The molecular weight excluding hydrogens is 366 g/mol. The fraction of sp³-hybridized carbons (Fsp3) is 0.556. The summed E-state index contributed by atoms with van der Waals surface area (Å²) in [5.74, 6) is 0.106. The quantitative estimate of drug-likeness (QED) is 0.360. The lowest BCUT2D eigenvalue weighted by Crippen LogP contribution is -2.44. The van der Waals surface area contributed by atoms with E-state index < -0.39 is 10.0 Å². The van der Waals surface area contributed by atoms with Crippen molar-refractivity contribution in [1.29, 1.82) is 0 Å². The Hall–Kier alpha value is -2.13. The first-order valence-electron chi connectivity index (χ1n) is 8.96. The number of hydrogen-bond acceptors (Lipinski definition) is 4. The molecule has 8 nitrogen and oxygen atoms in total. The Labute approximate surface area is 162 Å². The summed E-state index contributed by atoms with van der Waals surface area (Å²) in [5, 5.41) is 8.74. The molecule has 0 saturated heterocycles. The molecule has 1 amide bonds. The summed E-state index contributed by atoms with van der Waals surface area (Å²) in [5.41, 5.74) is 0.574. The summed E-state index contributed by atoms with van der Waals surface area (Å²) >= 11 is 0. The number of benzene rings is 1. The maximum Gasteiger partial charge on any atom is 0.242 e. The van der Waals surface area contributed by atoms with Crippen molar-refractivity contribution in [2.24, 2.45) is 4.99 Å². The van der Waals surface area contributed by atoms with Crippen LogP contribution in [-0.4, -0.2) is 51.2 Å². The number of carbonyl (C=O) groups is 1. The van der Waals surface area contributed by atoms with Gasteiger partial charge in [-0.3, -0.25) is 4.79 Å². The average Bonchev–Trinajstić information content (AvgIpc) is 2.57. The van der Waals surface area contributed by atoms with Crippen molar-refractivity contribution < 1.29 is 13.2 Å². The van der Waals surface area contributed by atoms with Gasteiger partial charge in [-0.2, -0.15) is 0 Å². The first-order chi connectivity index (χ1) is 12.6. The Morgan fingerprint density at radius 3 is 2.37 bits per heavy atom. The number of hydrogen-bond donors (Lipinski definition) is 4. The number of aliphatic imine (C=N–C) groups is 1. The standard InChI is InChI=1S/C18H31N5O3S/c1-5-19-17(21-14-16(24)23-18(2,3)4)20-11-12-27(25,26)22-13-15-9-7-6-8-10-15/h6-10,22H,5,11-14H2,1-4H3,(H,23,24)(H2,19,20,21). The first-order valence-corrected chi connectivity index (χ1v) is 10.6. The van der Waals surface area contributed by atoms with Gasteiger partial charge in [0.15, 0.2) is 5.96 Å². The van der Waals surface area contributed by atoms with Crippen LogP contribution in [0.1, 0.15) is 33.3 Å². The van der Waals surface area contributed by atoms with Gasteiger partial charge in [0.25, 0.3) is 0 Å². The van der Waals surface area contributed by atoms with E-state index in [0.717, 1.165) is 5.56 Å². The lowest BCUT2D eigenvalue weighted by molar-refractivity contribution is -0.121. The second-order valence-electron chi connectivity index (χ2n) is 7.05. The molecule has 0 aliphatic heterocycles. The molecule has 4 N–H and O–H groups in total. The largest absolute Gasteiger partial charge is 0.357 e. The van der Waals surface area contributed by atoms with Gasteiger partial charge < -0.3 is 16.0 Å². The van der Waals surface area contributed by atoms with Gasteiger partial charge in [-0.05, 0) is 33.3 Å². The number of amides is 1. The van der Waals surface area contributed by atoms with Crippen LogP contribution in [0, 0.1) is 0 Å². The Morgan fingerprint density at radius 1 is 1.11 bits per heavy atom. The molecule has 27 heavy (non-hydrogen) atoms. The van der Waals surface area contributed by atoms with Crippen LogP contribution in [0.2, 0.25) is 0 Å². The molecule has 9 heteroatoms. The predicted octanol–water partition coefficient (Wildman–Crippen LogP) is 0.576. The molecule has 1 rings (SSSR count). The molecule has 0 radical (unpaired) electrons. The molecule has 0 unspecified atom stereocenters. The summed E-state index contributed by atoms with van der Waals surface area (Å²) in [6.07, 6.45) is 0. The third kappa shape index (κ3) is 11.2. The fourth-order valence-electron chi connectivity index (χ4n) is 2.12. The van der Waals surface area contributed by atoms with Crippen LogP contribution < -0.4 is 20.7 Å². The Morgan fingerprint density at radius 2 is 1.78 bits per heavy atom. The summed E-state index contributed by atoms with van der Waals surface area (Å²) in [7, 11) is -3.42. The number of carbonyl (C=O) groups excluding carboxylic acids is 1. The zero-order chi connectivity index (χ0) is 20.3. The molecule has 0 aliphatic carbocycles. The molecule has 0 saturated carbocycles. The van der Waals surface area contributed by atoms with Gasteiger partial charge in [0.2, 0.25) is 15.9 Å². The van der Waals surface area contributed by atoms with E-state index in [0.29, 0.717) is 12.5 Å². The zero-order valence-corrected chi connectivity index (χ0v) is 17.3. The number of sulfonamides is 1. The van der Waals surface area contributed by atoms with Crippen molar-refractivity contribution in [1.82, 2.24) is 20.7 Å². The van der Waals surface area contributed by atoms with E-state index in [-0.39, 0.29) is 36.8 Å². The minimum atomic E-state index is -3.42. The molecule has 0 atom stereocenters. The van der Waals surface area contributed by atoms with Crippen LogP contribution in [-0.2, 0) is 21.4 Å². The Balaban J connectivity index is 2.46. The lowest BCUT2D eigenvalue weighted by atomic mass is 10.1. The molecule has 0 aromatic heterocycles. The van der Waals surface area contributed by atoms with E-state index in [2.05, 4.69) is 25.7 Å². The van der Waals surface area contributed by atoms with Crippen molar-refractivity contribution in [3.63, 3.8) is 0 Å². The molecule has 0 fully saturated rings. The summed E-state index contributed by atoms with van der Waals surface area (Å²) < 4.78 is 26.7. The zero-order valence-electron chi connectivity index (χ0n) is 16.5. The highest BCUT2D eigenvalue weighted by molar-refractivity contribution is 7.89. The summed E-state index contributed by atoms with van der Waals surface area (Å²) in [6.45, 7) is 8.57. The third-order valence-electron chi connectivity index (χ3n) is 3.24. The average molecular weight is 398 g/mol. The van der Waals surface area contributed by atoms with Crippen LogP contribution in [0.5, 0.6) is 0 Å². The topological polar surface area (TPSA) is 112 Å². The molecule has 0 aliphatic rings. The Kier molecular flexibility index (Phi) is 9.23. The third-order valence-corrected chi connectivity index (χ3v) is 4.57. The number of nitrogens with zero attached hydrogens (tertiary/aromatic N) is 1. The van der Waals surface area contributed by atoms with Crippen LogP contribution in [0.3, 0.4) is 0 Å². The fourth-order valence-corrected chi connectivity index (χ4v) is 3.02. The van der Waals surface area contributed by atoms with Crippen LogP contribution >= 0.6 is 0 Å². The van der Waals surface area contributed by atoms with E-state index in [9.17, 15) is 13.2 Å². The number of rotatable bonds is 9. The maximum absolute atomic E-state index is 12.1. The molecule has 152 valence electrons. The molecular formula is C18H31N5O3S. The minimum absolute atomic E-state index is 0.0361. The van der Waals surface area contributed by atoms with Crippen molar-refractivity contribution in [2.45, 2.75) is 39.8 Å². The van der Waals surface area contributed by atoms with E-state index in [1.165, 1.54) is 0 Å². The van der Waals surface area contributed by atoms with E-state index in [1.807, 2.05) is 58.0 Å². The molecule has 0 spiro atoms. The second-order valence-corrected chi connectivity index (χ2v) is 8.97. The van der Waals surface area contributed by atoms with Gasteiger partial charge >= 0.3 is 0 Å². The molecule has 0 bridgehead atoms. The van der Waals surface area contributed by atoms with Crippen molar-refractivity contribution in [3.05, 3.63) is 35.9 Å². The predicted molar refractivity (Wildman–Crippen MR) is 109 cm³/mol. The normalized spacial score (nSPS) is 12.5. The highest BCUT2D eigenvalue weighted by Crippen LogP contribution is 1.99. The summed E-state index contributed by atoms with van der Waals surface area (Å²) in [4.78, 5) is 16.0. The van der Waals surface area contributed by atoms with E-state index in [1.54, 1.807) is 0 Å². The van der Waals surface area contributed by atoms with Gasteiger partial charge in [-0.15, -0.1) is 0 Å². The highest BCUT2D eigenvalue weighted by Gasteiger charge is 2.14. The highest BCUT2D eigenvalue weighted by atomic mass is 32.2. The smallest absolute Gasteiger partial charge is 0.242 e. The second kappa shape index (κ2) is 10.9. The van der Waals surface area contributed by atoms with Crippen molar-refractivity contribution in [3.8, 4) is 0 Å². The number of guanidine groups is 1. The van der Waals surface area contributed by atoms with E-state index >= 15 is 0 Å². The van der Waals surface area contributed by atoms with E-state index in [4.69, 9.17) is 0 Å². The SMILES string of the molecule is CCNC(=NCC(=O)NC(C)(C)C)NCCS(=O)(=O)NCc1ccccc1. The minimum Gasteiger partial charge on any atom is -0.357 e. The van der Waals surface area contributed by atoms with Gasteiger partial charge in [-0.1, -0.05) is 30.3 Å². The summed E-state index contributed by atoms with van der Waals surface area (Å²) in [6, 6.07) is 9.32. The first kappa shape index (κ1) is 22.9. The molecule has 1 aromatic carbocycles. The maximum atomic E-state index is 12.1. The van der Waals surface area contributed by atoms with Gasteiger partial charge in [0.1, 0.15) is 6.54 Å². The lowest BCUT2D eigenvalue weighted by Gasteiger charge is -2.20. The molecule has 0 heterocycles. The van der Waals surface area contributed by atoms with Crippen molar-refractivity contribution in [2.75, 3.05) is 25.4 Å². The van der Waals surface area contributed by atoms with Crippen LogP contribution in [0.15, 0.2) is 35.3 Å². The molecule has 1 aromatic rings. The van der Waals surface area contributed by atoms with Gasteiger partial charge in [-0.25, -0.2) is 18.1 Å². The number of nitrogens with one attached hydrogen (secondary N) is 4. The van der Waals surface area contributed by atoms with Crippen LogP contribution in [0.4, 0.5) is 0 Å².